The minimum absolute atomic E-state index is 0.860. The molecule has 1 aromatic heterocycles. The van der Waals surface area contributed by atoms with Gasteiger partial charge < -0.3 is 10.3 Å². The molecule has 1 aromatic carbocycles. The van der Waals surface area contributed by atoms with Gasteiger partial charge in [-0.25, -0.2) is 4.98 Å². The molecule has 0 saturated heterocycles. The third-order valence-electron chi connectivity index (χ3n) is 3.59. The number of hydrogen-bond acceptors (Lipinski definition) is 2. The second-order valence-electron chi connectivity index (χ2n) is 4.80. The van der Waals surface area contributed by atoms with E-state index in [9.17, 15) is 0 Å². The summed E-state index contributed by atoms with van der Waals surface area (Å²) in [5, 5.41) is 0. The van der Waals surface area contributed by atoms with Crippen molar-refractivity contribution in [1.29, 1.82) is 0 Å². The minimum Gasteiger partial charge on any atom is -0.399 e. The number of nitrogen functional groups attached to an aromatic ring is 1. The minimum atomic E-state index is 0.860. The number of benzene rings is 1. The van der Waals surface area contributed by atoms with Gasteiger partial charge in [0.2, 0.25) is 0 Å². The molecule has 2 aromatic rings. The van der Waals surface area contributed by atoms with E-state index in [0.29, 0.717) is 0 Å². The van der Waals surface area contributed by atoms with E-state index in [4.69, 9.17) is 5.73 Å². The first-order valence-corrected chi connectivity index (χ1v) is 6.28. The van der Waals surface area contributed by atoms with Gasteiger partial charge in [-0.2, -0.15) is 0 Å². The number of nitrogens with two attached hydrogens (primary N) is 1. The number of nitrogens with zero attached hydrogens (tertiary/aromatic N) is 2. The maximum Gasteiger partial charge on any atom is 0.112 e. The molecule has 0 radical (unpaired) electrons. The number of fused-ring (bicyclic) bond motifs is 1. The molecule has 0 unspecified atom stereocenters. The molecule has 18 heavy (non-hydrogen) atoms. The van der Waals surface area contributed by atoms with E-state index >= 15 is 0 Å². The van der Waals surface area contributed by atoms with Crippen molar-refractivity contribution in [3.63, 3.8) is 0 Å². The lowest BCUT2D eigenvalue weighted by Crippen LogP contribution is -1.95. The van der Waals surface area contributed by atoms with Crippen LogP contribution < -0.4 is 5.73 Å². The van der Waals surface area contributed by atoms with E-state index in [1.807, 2.05) is 25.5 Å². The molecule has 3 rings (SSSR count). The van der Waals surface area contributed by atoms with E-state index < -0.39 is 0 Å². The maximum absolute atomic E-state index is 5.81. The average molecular weight is 239 g/mol. The lowest BCUT2D eigenvalue weighted by Gasteiger charge is -2.03. The lowest BCUT2D eigenvalue weighted by atomic mass is 10.1. The van der Waals surface area contributed by atoms with Crippen LogP contribution in [0.4, 0.5) is 5.69 Å². The van der Waals surface area contributed by atoms with Crippen molar-refractivity contribution >= 4 is 11.3 Å². The molecule has 1 aliphatic rings. The highest BCUT2D eigenvalue weighted by Crippen LogP contribution is 2.33. The second-order valence-corrected chi connectivity index (χ2v) is 4.80. The zero-order valence-corrected chi connectivity index (χ0v) is 10.6. The van der Waals surface area contributed by atoms with Gasteiger partial charge in [-0.15, -0.1) is 0 Å². The number of rotatable bonds is 2. The highest BCUT2D eigenvalue weighted by molar-refractivity contribution is 5.74. The Morgan fingerprint density at radius 1 is 1.39 bits per heavy atom. The molecule has 2 N–H and O–H groups in total. The fourth-order valence-corrected chi connectivity index (χ4v) is 2.56. The lowest BCUT2D eigenvalue weighted by molar-refractivity contribution is 0.829. The Hall–Kier alpha value is -2.03. The first-order chi connectivity index (χ1) is 8.74. The molecule has 0 spiro atoms. The van der Waals surface area contributed by atoms with Crippen molar-refractivity contribution in [2.24, 2.45) is 7.05 Å². The van der Waals surface area contributed by atoms with Crippen molar-refractivity contribution in [3.8, 4) is 0 Å². The van der Waals surface area contributed by atoms with Crippen molar-refractivity contribution < 1.29 is 0 Å². The van der Waals surface area contributed by atoms with Crippen LogP contribution in [0.3, 0.4) is 0 Å². The third kappa shape index (κ3) is 1.92. The van der Waals surface area contributed by atoms with Gasteiger partial charge >= 0.3 is 0 Å². The SMILES string of the molecule is Cn1ccnc1C/C=C1/CCc2cc(N)ccc21. The third-order valence-corrected chi connectivity index (χ3v) is 3.59. The van der Waals surface area contributed by atoms with Crippen LogP contribution in [0.15, 0.2) is 36.7 Å². The fraction of sp³-hybridized carbons (Fsp3) is 0.267. The number of aromatic nitrogens is 2. The summed E-state index contributed by atoms with van der Waals surface area (Å²) >= 11 is 0. The topological polar surface area (TPSA) is 43.8 Å². The van der Waals surface area contributed by atoms with E-state index in [1.165, 1.54) is 16.7 Å². The normalized spacial score (nSPS) is 16.2. The molecule has 0 aliphatic heterocycles. The Balaban J connectivity index is 1.86. The van der Waals surface area contributed by atoms with Crippen LogP contribution in [0.5, 0.6) is 0 Å². The van der Waals surface area contributed by atoms with Crippen LogP contribution in [-0.2, 0) is 19.9 Å². The predicted octanol–water partition coefficient (Wildman–Crippen LogP) is 2.57. The van der Waals surface area contributed by atoms with Gasteiger partial charge in [0.1, 0.15) is 5.82 Å². The summed E-state index contributed by atoms with van der Waals surface area (Å²) in [6, 6.07) is 6.22. The summed E-state index contributed by atoms with van der Waals surface area (Å²) in [6.45, 7) is 0. The molecule has 0 atom stereocenters. The van der Waals surface area contributed by atoms with Gasteiger partial charge in [0, 0.05) is 31.5 Å². The Morgan fingerprint density at radius 3 is 3.06 bits per heavy atom. The number of anilines is 1. The van der Waals surface area contributed by atoms with E-state index in [-0.39, 0.29) is 0 Å². The molecule has 92 valence electrons. The smallest absolute Gasteiger partial charge is 0.112 e. The molecule has 0 fully saturated rings. The van der Waals surface area contributed by atoms with Gasteiger partial charge in [-0.3, -0.25) is 0 Å². The summed E-state index contributed by atoms with van der Waals surface area (Å²) < 4.78 is 2.07. The Bertz CT molecular complexity index is 608. The Kier molecular flexibility index (Phi) is 2.67. The number of aryl methyl sites for hydroxylation is 2. The zero-order valence-electron chi connectivity index (χ0n) is 10.6. The standard InChI is InChI=1S/C15H17N3/c1-18-9-8-17-15(18)7-4-11-2-3-12-10-13(16)5-6-14(11)12/h4-6,8-10H,2-3,7,16H2,1H3/b11-4-. The first-order valence-electron chi connectivity index (χ1n) is 6.28. The van der Waals surface area contributed by atoms with Crippen molar-refractivity contribution in [1.82, 2.24) is 9.55 Å². The highest BCUT2D eigenvalue weighted by Gasteiger charge is 2.15. The van der Waals surface area contributed by atoms with Crippen LogP contribution in [0.1, 0.15) is 23.4 Å². The van der Waals surface area contributed by atoms with Crippen LogP contribution in [0.2, 0.25) is 0 Å². The van der Waals surface area contributed by atoms with Gasteiger partial charge in [-0.1, -0.05) is 12.1 Å². The summed E-state index contributed by atoms with van der Waals surface area (Å²) in [7, 11) is 2.03. The first kappa shape index (κ1) is 11.1. The van der Waals surface area contributed by atoms with Crippen molar-refractivity contribution in [3.05, 3.63) is 53.6 Å². The molecule has 3 heteroatoms. The largest absolute Gasteiger partial charge is 0.399 e. The number of hydrogen-bond donors (Lipinski definition) is 1. The van der Waals surface area contributed by atoms with Crippen LogP contribution >= 0.6 is 0 Å². The maximum atomic E-state index is 5.81. The van der Waals surface area contributed by atoms with Gasteiger partial charge in [0.15, 0.2) is 0 Å². The molecule has 0 amide bonds. The number of imidazole rings is 1. The Morgan fingerprint density at radius 2 is 2.28 bits per heavy atom. The monoisotopic (exact) mass is 239 g/mol. The average Bonchev–Trinajstić information content (AvgIpc) is 2.93. The van der Waals surface area contributed by atoms with Crippen LogP contribution in [0, 0.1) is 0 Å². The Labute approximate surface area is 107 Å². The molecule has 1 aliphatic carbocycles. The van der Waals surface area contributed by atoms with E-state index in [2.05, 4.69) is 27.8 Å². The second kappa shape index (κ2) is 4.33. The van der Waals surface area contributed by atoms with Crippen LogP contribution in [0.25, 0.3) is 5.57 Å². The molecule has 0 saturated carbocycles. The van der Waals surface area contributed by atoms with E-state index in [1.54, 1.807) is 0 Å². The predicted molar refractivity (Wildman–Crippen MR) is 74.1 cm³/mol. The molecular weight excluding hydrogens is 222 g/mol. The van der Waals surface area contributed by atoms with Crippen molar-refractivity contribution in [2.45, 2.75) is 19.3 Å². The molecule has 3 nitrogen and oxygen atoms in total. The van der Waals surface area contributed by atoms with Gasteiger partial charge in [0.25, 0.3) is 0 Å². The summed E-state index contributed by atoms with van der Waals surface area (Å²) in [6.07, 6.45) is 9.23. The quantitative estimate of drug-likeness (QED) is 0.819. The zero-order chi connectivity index (χ0) is 12.5. The summed E-state index contributed by atoms with van der Waals surface area (Å²) in [5.74, 6) is 1.10. The van der Waals surface area contributed by atoms with Crippen LogP contribution in [-0.4, -0.2) is 9.55 Å². The number of allylic oxidation sites excluding steroid dienone is 2. The van der Waals surface area contributed by atoms with Gasteiger partial charge in [0.05, 0.1) is 0 Å². The molecule has 0 bridgehead atoms. The molecular formula is C15H17N3. The summed E-state index contributed by atoms with van der Waals surface area (Å²) in [4.78, 5) is 4.35. The molecule has 1 heterocycles. The highest BCUT2D eigenvalue weighted by atomic mass is 15.0. The fourth-order valence-electron chi connectivity index (χ4n) is 2.56. The van der Waals surface area contributed by atoms with Gasteiger partial charge in [-0.05, 0) is 41.7 Å². The van der Waals surface area contributed by atoms with E-state index in [0.717, 1.165) is 30.8 Å². The summed E-state index contributed by atoms with van der Waals surface area (Å²) in [5.41, 5.74) is 10.8. The van der Waals surface area contributed by atoms with Crippen molar-refractivity contribution in [2.75, 3.05) is 5.73 Å².